The Kier molecular flexibility index (Phi) is 10.2. The monoisotopic (exact) mass is 264 g/mol. The Hall–Kier alpha value is 0.170. The van der Waals surface area contributed by atoms with Crippen molar-refractivity contribution in [3.05, 3.63) is 0 Å². The highest BCUT2D eigenvalue weighted by Crippen LogP contribution is 2.12. The van der Waals surface area contributed by atoms with Gasteiger partial charge in [-0.3, -0.25) is 0 Å². The van der Waals surface area contributed by atoms with Crippen molar-refractivity contribution in [2.24, 2.45) is 11.8 Å². The molecule has 1 saturated heterocycles. The molecule has 1 unspecified atom stereocenters. The summed E-state index contributed by atoms with van der Waals surface area (Å²) in [5.74, 6) is 1.58. The molecule has 0 saturated carbocycles. The highest BCUT2D eigenvalue weighted by Gasteiger charge is 2.17. The van der Waals surface area contributed by atoms with Gasteiger partial charge in [0.2, 0.25) is 0 Å². The van der Waals surface area contributed by atoms with E-state index in [2.05, 4.69) is 24.1 Å². The number of hydrogen-bond acceptors (Lipinski definition) is 3. The average molecular weight is 265 g/mol. The summed E-state index contributed by atoms with van der Waals surface area (Å²) in [7, 11) is 1.79. The Morgan fingerprint density at radius 3 is 2.71 bits per heavy atom. The smallest absolute Gasteiger partial charge is 0.0589 e. The maximum atomic E-state index is 5.19. The molecular formula is C13H29ClN2O. The molecule has 0 amide bonds. The summed E-state index contributed by atoms with van der Waals surface area (Å²) >= 11 is 0. The second-order valence-corrected chi connectivity index (χ2v) is 5.36. The van der Waals surface area contributed by atoms with E-state index in [9.17, 15) is 0 Å². The van der Waals surface area contributed by atoms with E-state index in [1.165, 1.54) is 39.0 Å². The molecule has 0 aromatic heterocycles. The average Bonchev–Trinajstić information content (AvgIpc) is 2.26. The predicted molar refractivity (Wildman–Crippen MR) is 76.0 cm³/mol. The van der Waals surface area contributed by atoms with Gasteiger partial charge in [0.15, 0.2) is 0 Å². The lowest BCUT2D eigenvalue weighted by molar-refractivity contribution is 0.123. The summed E-state index contributed by atoms with van der Waals surface area (Å²) in [6.45, 7) is 11.3. The zero-order valence-electron chi connectivity index (χ0n) is 11.6. The lowest BCUT2D eigenvalue weighted by Gasteiger charge is -2.31. The van der Waals surface area contributed by atoms with Crippen LogP contribution < -0.4 is 5.32 Å². The topological polar surface area (TPSA) is 24.5 Å². The van der Waals surface area contributed by atoms with Crippen molar-refractivity contribution in [1.82, 2.24) is 10.2 Å². The molecule has 1 aliphatic heterocycles. The SMILES string of the molecule is COCCN(CC(C)C)CC1CCCNC1.Cl. The number of nitrogens with one attached hydrogen (secondary N) is 1. The molecule has 1 rings (SSSR count). The van der Waals surface area contributed by atoms with E-state index in [0.717, 1.165) is 25.0 Å². The van der Waals surface area contributed by atoms with Crippen LogP contribution in [0, 0.1) is 11.8 Å². The minimum absolute atomic E-state index is 0. The maximum Gasteiger partial charge on any atom is 0.0589 e. The van der Waals surface area contributed by atoms with Crippen LogP contribution >= 0.6 is 12.4 Å². The molecule has 1 N–H and O–H groups in total. The van der Waals surface area contributed by atoms with E-state index >= 15 is 0 Å². The molecule has 1 heterocycles. The van der Waals surface area contributed by atoms with Crippen LogP contribution in [0.2, 0.25) is 0 Å². The molecular weight excluding hydrogens is 236 g/mol. The van der Waals surface area contributed by atoms with Crippen LogP contribution in [-0.4, -0.2) is 51.3 Å². The van der Waals surface area contributed by atoms with Crippen molar-refractivity contribution in [3.8, 4) is 0 Å². The van der Waals surface area contributed by atoms with Gasteiger partial charge in [0, 0.05) is 26.7 Å². The van der Waals surface area contributed by atoms with Crippen LogP contribution in [0.5, 0.6) is 0 Å². The van der Waals surface area contributed by atoms with Crippen LogP contribution in [0.15, 0.2) is 0 Å². The molecule has 0 radical (unpaired) electrons. The van der Waals surface area contributed by atoms with Gasteiger partial charge in [-0.1, -0.05) is 13.8 Å². The zero-order chi connectivity index (χ0) is 11.8. The number of methoxy groups -OCH3 is 1. The third kappa shape index (κ3) is 7.98. The predicted octanol–water partition coefficient (Wildman–Crippen LogP) is 2.01. The van der Waals surface area contributed by atoms with E-state index < -0.39 is 0 Å². The van der Waals surface area contributed by atoms with Gasteiger partial charge >= 0.3 is 0 Å². The molecule has 17 heavy (non-hydrogen) atoms. The third-order valence-electron chi connectivity index (χ3n) is 3.15. The van der Waals surface area contributed by atoms with Crippen molar-refractivity contribution in [2.75, 3.05) is 46.4 Å². The molecule has 1 fully saturated rings. The van der Waals surface area contributed by atoms with Gasteiger partial charge in [-0.05, 0) is 37.8 Å². The van der Waals surface area contributed by atoms with Gasteiger partial charge in [0.25, 0.3) is 0 Å². The summed E-state index contributed by atoms with van der Waals surface area (Å²) in [5, 5.41) is 3.49. The van der Waals surface area contributed by atoms with E-state index in [-0.39, 0.29) is 12.4 Å². The fraction of sp³-hybridized carbons (Fsp3) is 1.00. The van der Waals surface area contributed by atoms with Gasteiger partial charge in [0.1, 0.15) is 0 Å². The summed E-state index contributed by atoms with van der Waals surface area (Å²) < 4.78 is 5.19. The Morgan fingerprint density at radius 1 is 1.41 bits per heavy atom. The number of nitrogens with zero attached hydrogens (tertiary/aromatic N) is 1. The van der Waals surface area contributed by atoms with Crippen LogP contribution in [0.3, 0.4) is 0 Å². The highest BCUT2D eigenvalue weighted by molar-refractivity contribution is 5.85. The number of ether oxygens (including phenoxy) is 1. The Labute approximate surface area is 113 Å². The molecule has 0 bridgehead atoms. The zero-order valence-corrected chi connectivity index (χ0v) is 12.4. The number of halogens is 1. The highest BCUT2D eigenvalue weighted by atomic mass is 35.5. The van der Waals surface area contributed by atoms with Crippen molar-refractivity contribution in [2.45, 2.75) is 26.7 Å². The second-order valence-electron chi connectivity index (χ2n) is 5.36. The number of hydrogen-bond donors (Lipinski definition) is 1. The largest absolute Gasteiger partial charge is 0.383 e. The second kappa shape index (κ2) is 10.1. The molecule has 1 aliphatic rings. The lowest BCUT2D eigenvalue weighted by atomic mass is 9.98. The number of piperidine rings is 1. The normalized spacial score (nSPS) is 20.6. The summed E-state index contributed by atoms with van der Waals surface area (Å²) in [6, 6.07) is 0. The quantitative estimate of drug-likeness (QED) is 0.761. The van der Waals surface area contributed by atoms with Crippen molar-refractivity contribution >= 4 is 12.4 Å². The fourth-order valence-electron chi connectivity index (χ4n) is 2.44. The fourth-order valence-corrected chi connectivity index (χ4v) is 2.44. The van der Waals surface area contributed by atoms with Gasteiger partial charge in [0.05, 0.1) is 6.61 Å². The van der Waals surface area contributed by atoms with Crippen molar-refractivity contribution in [3.63, 3.8) is 0 Å². The molecule has 4 heteroatoms. The van der Waals surface area contributed by atoms with Gasteiger partial charge < -0.3 is 15.0 Å². The Morgan fingerprint density at radius 2 is 2.18 bits per heavy atom. The Bertz CT molecular complexity index is 173. The first-order chi connectivity index (χ1) is 7.72. The van der Waals surface area contributed by atoms with Crippen LogP contribution in [0.25, 0.3) is 0 Å². The third-order valence-corrected chi connectivity index (χ3v) is 3.15. The molecule has 0 aliphatic carbocycles. The van der Waals surface area contributed by atoms with Gasteiger partial charge in [-0.15, -0.1) is 12.4 Å². The molecule has 1 atom stereocenters. The minimum Gasteiger partial charge on any atom is -0.383 e. The van der Waals surface area contributed by atoms with E-state index in [0.29, 0.717) is 0 Å². The summed E-state index contributed by atoms with van der Waals surface area (Å²) in [5.41, 5.74) is 0. The number of rotatable bonds is 7. The standard InChI is InChI=1S/C13H28N2O.ClH/c1-12(2)10-15(7-8-16-3)11-13-5-4-6-14-9-13;/h12-14H,4-11H2,1-3H3;1H. The first-order valence-electron chi connectivity index (χ1n) is 6.64. The van der Waals surface area contributed by atoms with Gasteiger partial charge in [-0.2, -0.15) is 0 Å². The lowest BCUT2D eigenvalue weighted by Crippen LogP contribution is -2.40. The van der Waals surface area contributed by atoms with Crippen LogP contribution in [0.1, 0.15) is 26.7 Å². The first-order valence-corrected chi connectivity index (χ1v) is 6.64. The van der Waals surface area contributed by atoms with E-state index in [4.69, 9.17) is 4.74 Å². The summed E-state index contributed by atoms with van der Waals surface area (Å²) in [4.78, 5) is 2.56. The van der Waals surface area contributed by atoms with Crippen LogP contribution in [-0.2, 0) is 4.74 Å². The molecule has 0 aromatic rings. The van der Waals surface area contributed by atoms with Gasteiger partial charge in [-0.25, -0.2) is 0 Å². The van der Waals surface area contributed by atoms with E-state index in [1.54, 1.807) is 7.11 Å². The van der Waals surface area contributed by atoms with Crippen molar-refractivity contribution in [1.29, 1.82) is 0 Å². The van der Waals surface area contributed by atoms with Crippen molar-refractivity contribution < 1.29 is 4.74 Å². The van der Waals surface area contributed by atoms with E-state index in [1.807, 2.05) is 0 Å². The first kappa shape index (κ1) is 17.2. The molecule has 0 spiro atoms. The molecule has 3 nitrogen and oxygen atoms in total. The molecule has 104 valence electrons. The molecule has 0 aromatic carbocycles. The summed E-state index contributed by atoms with van der Waals surface area (Å²) in [6.07, 6.45) is 2.72. The minimum atomic E-state index is 0. The Balaban J connectivity index is 0.00000256. The maximum absolute atomic E-state index is 5.19. The van der Waals surface area contributed by atoms with Crippen LogP contribution in [0.4, 0.5) is 0 Å².